The molecular formula is C37H34N2O6. The number of rotatable bonds is 10. The van der Waals surface area contributed by atoms with Gasteiger partial charge >= 0.3 is 5.97 Å². The lowest BCUT2D eigenvalue weighted by Crippen LogP contribution is -2.23. The van der Waals surface area contributed by atoms with Crippen LogP contribution in [0.4, 0.5) is 5.69 Å². The lowest BCUT2D eigenvalue weighted by Gasteiger charge is -2.19. The van der Waals surface area contributed by atoms with Crippen molar-refractivity contribution >= 4 is 17.6 Å². The fraction of sp³-hybridized carbons (Fsp3) is 0.162. The first-order valence-corrected chi connectivity index (χ1v) is 14.4. The van der Waals surface area contributed by atoms with E-state index in [2.05, 4.69) is 10.3 Å². The number of carbonyl (C=O) groups is 2. The highest BCUT2D eigenvalue weighted by Crippen LogP contribution is 2.34. The number of pyridine rings is 1. The highest BCUT2D eigenvalue weighted by molar-refractivity contribution is 6.10. The molecule has 1 aromatic heterocycles. The average molecular weight is 603 g/mol. The van der Waals surface area contributed by atoms with Gasteiger partial charge in [-0.2, -0.15) is 4.89 Å². The summed E-state index contributed by atoms with van der Waals surface area (Å²) in [6.45, 7) is 5.55. The molecule has 0 saturated heterocycles. The molecule has 0 aliphatic carbocycles. The Morgan fingerprint density at radius 1 is 0.756 bits per heavy atom. The Bertz CT molecular complexity index is 1780. The maximum Gasteiger partial charge on any atom is 0.375 e. The summed E-state index contributed by atoms with van der Waals surface area (Å²) in [5.41, 5.74) is 3.97. The number of nitrogens with zero attached hydrogens (tertiary/aromatic N) is 1. The maximum atomic E-state index is 14.1. The first-order valence-electron chi connectivity index (χ1n) is 14.4. The van der Waals surface area contributed by atoms with Crippen molar-refractivity contribution in [1.29, 1.82) is 0 Å². The Balaban J connectivity index is 1.54. The van der Waals surface area contributed by atoms with Crippen LogP contribution in [-0.4, -0.2) is 29.6 Å². The Morgan fingerprint density at radius 2 is 1.51 bits per heavy atom. The quantitative estimate of drug-likeness (QED) is 0.127. The minimum atomic E-state index is -0.753. The lowest BCUT2D eigenvalue weighted by atomic mass is 10.0. The summed E-state index contributed by atoms with van der Waals surface area (Å²) in [7, 11) is 1.59. The number of nitrogens with one attached hydrogen (secondary N) is 1. The zero-order valence-electron chi connectivity index (χ0n) is 25.6. The molecule has 228 valence electrons. The number of para-hydroxylation sites is 1. The van der Waals surface area contributed by atoms with Gasteiger partial charge in [-0.15, -0.1) is 0 Å². The van der Waals surface area contributed by atoms with Gasteiger partial charge in [0.05, 0.1) is 23.9 Å². The van der Waals surface area contributed by atoms with Crippen LogP contribution >= 0.6 is 0 Å². The molecule has 0 atom stereocenters. The summed E-state index contributed by atoms with van der Waals surface area (Å²) in [6.07, 6.45) is 3.41. The number of hydrogen-bond acceptors (Lipinski definition) is 7. The van der Waals surface area contributed by atoms with Crippen molar-refractivity contribution in [2.75, 3.05) is 12.4 Å². The monoisotopic (exact) mass is 602 g/mol. The molecule has 0 fully saturated rings. The van der Waals surface area contributed by atoms with Crippen LogP contribution in [0.25, 0.3) is 22.3 Å². The summed E-state index contributed by atoms with van der Waals surface area (Å²) in [5, 5.41) is 2.94. The molecule has 8 nitrogen and oxygen atoms in total. The standard InChI is InChI=1S/C37H34N2O6/c1-37(2,3)45-44-36(41)30-18-16-27(29-14-8-9-15-33(29)42-4)22-32(30)39-35(40)31-21-26(28-13-10-20-38-23-28)17-19-34(31)43-24-25-11-6-5-7-12-25/h5-23H,24H2,1-4H3,(H,39,40). The van der Waals surface area contributed by atoms with Gasteiger partial charge in [0.25, 0.3) is 5.91 Å². The molecule has 4 aromatic carbocycles. The van der Waals surface area contributed by atoms with Crippen LogP contribution in [0, 0.1) is 0 Å². The number of carbonyl (C=O) groups excluding carboxylic acids is 2. The highest BCUT2D eigenvalue weighted by Gasteiger charge is 2.23. The molecule has 0 spiro atoms. The molecule has 5 rings (SSSR count). The normalized spacial score (nSPS) is 11.0. The highest BCUT2D eigenvalue weighted by atomic mass is 17.2. The fourth-order valence-corrected chi connectivity index (χ4v) is 4.56. The first-order chi connectivity index (χ1) is 21.7. The third-order valence-electron chi connectivity index (χ3n) is 6.73. The van der Waals surface area contributed by atoms with Crippen molar-refractivity contribution in [1.82, 2.24) is 4.98 Å². The van der Waals surface area contributed by atoms with E-state index in [4.69, 9.17) is 19.2 Å². The van der Waals surface area contributed by atoms with Crippen molar-refractivity contribution in [2.45, 2.75) is 33.0 Å². The van der Waals surface area contributed by atoms with Crippen molar-refractivity contribution in [2.24, 2.45) is 0 Å². The van der Waals surface area contributed by atoms with Crippen LogP contribution in [-0.2, 0) is 16.4 Å². The molecule has 0 radical (unpaired) electrons. The summed E-state index contributed by atoms with van der Waals surface area (Å²) < 4.78 is 11.7. The predicted molar refractivity (Wildman–Crippen MR) is 173 cm³/mol. The van der Waals surface area contributed by atoms with Gasteiger partial charge in [0.1, 0.15) is 23.7 Å². The number of aromatic nitrogens is 1. The minimum absolute atomic E-state index is 0.112. The molecule has 45 heavy (non-hydrogen) atoms. The van der Waals surface area contributed by atoms with E-state index >= 15 is 0 Å². The van der Waals surface area contributed by atoms with E-state index in [-0.39, 0.29) is 23.4 Å². The van der Waals surface area contributed by atoms with Gasteiger partial charge in [-0.3, -0.25) is 14.7 Å². The number of anilines is 1. The Kier molecular flexibility index (Phi) is 9.55. The number of hydrogen-bond donors (Lipinski definition) is 1. The van der Waals surface area contributed by atoms with E-state index in [1.807, 2.05) is 72.8 Å². The van der Waals surface area contributed by atoms with Gasteiger partial charge in [0.15, 0.2) is 0 Å². The first kappa shape index (κ1) is 31.0. The van der Waals surface area contributed by atoms with Gasteiger partial charge in [-0.25, -0.2) is 4.79 Å². The summed E-state index contributed by atoms with van der Waals surface area (Å²) >= 11 is 0. The largest absolute Gasteiger partial charge is 0.496 e. The predicted octanol–water partition coefficient (Wildman–Crippen LogP) is 8.14. The zero-order valence-corrected chi connectivity index (χ0v) is 25.6. The Morgan fingerprint density at radius 3 is 2.24 bits per heavy atom. The van der Waals surface area contributed by atoms with E-state index < -0.39 is 17.5 Å². The Hall–Kier alpha value is -5.47. The van der Waals surface area contributed by atoms with E-state index in [0.717, 1.165) is 27.8 Å². The molecule has 0 saturated carbocycles. The molecule has 0 aliphatic heterocycles. The third-order valence-corrected chi connectivity index (χ3v) is 6.73. The number of methoxy groups -OCH3 is 1. The van der Waals surface area contributed by atoms with Crippen LogP contribution in [0.3, 0.4) is 0 Å². The van der Waals surface area contributed by atoms with Gasteiger partial charge in [-0.1, -0.05) is 66.7 Å². The van der Waals surface area contributed by atoms with E-state index in [1.54, 1.807) is 70.6 Å². The molecule has 5 aromatic rings. The van der Waals surface area contributed by atoms with Crippen LogP contribution in [0.15, 0.2) is 116 Å². The summed E-state index contributed by atoms with van der Waals surface area (Å²) in [5.74, 6) is -0.213. The van der Waals surface area contributed by atoms with Gasteiger partial charge < -0.3 is 14.8 Å². The van der Waals surface area contributed by atoms with E-state index in [9.17, 15) is 9.59 Å². The van der Waals surface area contributed by atoms with Crippen molar-refractivity contribution in [3.63, 3.8) is 0 Å². The maximum absolute atomic E-state index is 14.1. The molecule has 1 N–H and O–H groups in total. The van der Waals surface area contributed by atoms with Crippen molar-refractivity contribution in [3.8, 4) is 33.8 Å². The molecule has 0 unspecified atom stereocenters. The SMILES string of the molecule is COc1ccccc1-c1ccc(C(=O)OOC(C)(C)C)c(NC(=O)c2cc(-c3cccnc3)ccc2OCc2ccccc2)c1. The Labute approximate surface area is 262 Å². The molecule has 0 bridgehead atoms. The zero-order chi connectivity index (χ0) is 31.8. The van der Waals surface area contributed by atoms with Crippen LogP contribution in [0.2, 0.25) is 0 Å². The van der Waals surface area contributed by atoms with Crippen LogP contribution in [0.5, 0.6) is 11.5 Å². The smallest absolute Gasteiger partial charge is 0.375 e. The van der Waals surface area contributed by atoms with Crippen LogP contribution in [0.1, 0.15) is 47.1 Å². The lowest BCUT2D eigenvalue weighted by molar-refractivity contribution is -0.301. The van der Waals surface area contributed by atoms with Gasteiger partial charge in [0.2, 0.25) is 0 Å². The second kappa shape index (κ2) is 13.9. The van der Waals surface area contributed by atoms with E-state index in [1.165, 1.54) is 0 Å². The summed E-state index contributed by atoms with van der Waals surface area (Å²) in [6, 6.07) is 31.4. The number of amides is 1. The van der Waals surface area contributed by atoms with Crippen molar-refractivity contribution < 1.29 is 28.8 Å². The van der Waals surface area contributed by atoms with Crippen molar-refractivity contribution in [3.05, 3.63) is 132 Å². The molecule has 1 amide bonds. The number of benzene rings is 4. The second-order valence-corrected chi connectivity index (χ2v) is 11.2. The second-order valence-electron chi connectivity index (χ2n) is 11.2. The number of ether oxygens (including phenoxy) is 2. The minimum Gasteiger partial charge on any atom is -0.496 e. The topological polar surface area (TPSA) is 96.0 Å². The third kappa shape index (κ3) is 7.93. The molecular weight excluding hydrogens is 568 g/mol. The molecule has 0 aliphatic rings. The summed E-state index contributed by atoms with van der Waals surface area (Å²) in [4.78, 5) is 41.9. The van der Waals surface area contributed by atoms with Gasteiger partial charge in [-0.05, 0) is 73.9 Å². The van der Waals surface area contributed by atoms with Crippen LogP contribution < -0.4 is 14.8 Å². The average Bonchev–Trinajstić information content (AvgIpc) is 3.06. The molecule has 8 heteroatoms. The van der Waals surface area contributed by atoms with Gasteiger partial charge in [0, 0.05) is 23.5 Å². The van der Waals surface area contributed by atoms with E-state index in [0.29, 0.717) is 11.5 Å². The molecule has 1 heterocycles. The fourth-order valence-electron chi connectivity index (χ4n) is 4.56.